The lowest BCUT2D eigenvalue weighted by atomic mass is 9.96. The normalized spacial score (nSPS) is 15.9. The average molecular weight is 404 g/mol. The summed E-state index contributed by atoms with van der Waals surface area (Å²) in [5.41, 5.74) is 0.762. The van der Waals surface area contributed by atoms with Crippen molar-refractivity contribution in [3.63, 3.8) is 0 Å². The van der Waals surface area contributed by atoms with Gasteiger partial charge in [-0.25, -0.2) is 4.79 Å². The summed E-state index contributed by atoms with van der Waals surface area (Å²) in [4.78, 5) is 25.1. The van der Waals surface area contributed by atoms with E-state index < -0.39 is 5.60 Å². The molecule has 1 aliphatic rings. The molecule has 0 radical (unpaired) electrons. The second-order valence-electron chi connectivity index (χ2n) is 8.53. The molecule has 29 heavy (non-hydrogen) atoms. The molecule has 0 spiro atoms. The van der Waals surface area contributed by atoms with Crippen LogP contribution in [0.2, 0.25) is 0 Å². The molecule has 1 aliphatic heterocycles. The number of aliphatic imine (C=N–C) groups is 1. The van der Waals surface area contributed by atoms with Gasteiger partial charge in [0.1, 0.15) is 5.60 Å². The Balaban J connectivity index is 1.77. The number of nitrogens with one attached hydrogen (secondary N) is 1. The number of aromatic nitrogens is 1. The van der Waals surface area contributed by atoms with E-state index in [0.717, 1.165) is 51.4 Å². The quantitative estimate of drug-likeness (QED) is 0.584. The zero-order chi connectivity index (χ0) is 21.3. The lowest BCUT2D eigenvalue weighted by molar-refractivity contribution is 0.0214. The summed E-state index contributed by atoms with van der Waals surface area (Å²) < 4.78 is 5.53. The van der Waals surface area contributed by atoms with Crippen LogP contribution in [0.4, 0.5) is 4.79 Å². The van der Waals surface area contributed by atoms with Crippen molar-refractivity contribution in [2.75, 3.05) is 39.8 Å². The number of carbonyl (C=O) groups is 1. The number of likely N-dealkylation sites (tertiary alicyclic amines) is 1. The van der Waals surface area contributed by atoms with Gasteiger partial charge in [-0.15, -0.1) is 0 Å². The Morgan fingerprint density at radius 1 is 1.38 bits per heavy atom. The summed E-state index contributed by atoms with van der Waals surface area (Å²) in [7, 11) is 1.83. The first kappa shape index (κ1) is 23.0. The summed E-state index contributed by atoms with van der Waals surface area (Å²) in [6, 6.07) is 4.05. The van der Waals surface area contributed by atoms with Crippen molar-refractivity contribution >= 4 is 12.1 Å². The Bertz CT molecular complexity index is 649. The van der Waals surface area contributed by atoms with E-state index in [1.807, 2.05) is 51.9 Å². The number of hydrogen-bond donors (Lipinski definition) is 1. The molecule has 162 valence electrons. The molecule has 1 N–H and O–H groups in total. The first-order valence-electron chi connectivity index (χ1n) is 10.6. The molecular formula is C22H37N5O2. The van der Waals surface area contributed by atoms with Crippen LogP contribution in [0.3, 0.4) is 0 Å². The van der Waals surface area contributed by atoms with Gasteiger partial charge in [0.2, 0.25) is 0 Å². The molecule has 2 heterocycles. The van der Waals surface area contributed by atoms with Gasteiger partial charge in [-0.2, -0.15) is 0 Å². The van der Waals surface area contributed by atoms with Crippen LogP contribution in [0.1, 0.15) is 46.1 Å². The predicted octanol–water partition coefficient (Wildman–Crippen LogP) is 3.17. The van der Waals surface area contributed by atoms with Crippen molar-refractivity contribution in [1.29, 1.82) is 0 Å². The topological polar surface area (TPSA) is 70.1 Å². The van der Waals surface area contributed by atoms with E-state index >= 15 is 0 Å². The maximum absolute atomic E-state index is 12.4. The zero-order valence-corrected chi connectivity index (χ0v) is 18.6. The van der Waals surface area contributed by atoms with Crippen molar-refractivity contribution in [1.82, 2.24) is 20.1 Å². The van der Waals surface area contributed by atoms with E-state index in [0.29, 0.717) is 12.5 Å². The van der Waals surface area contributed by atoms with E-state index in [1.54, 1.807) is 6.20 Å². The Hall–Kier alpha value is -2.31. The summed E-state index contributed by atoms with van der Waals surface area (Å²) in [6.45, 7) is 11.9. The number of guanidine groups is 1. The first-order chi connectivity index (χ1) is 13.8. The van der Waals surface area contributed by atoms with Crippen LogP contribution in [0.25, 0.3) is 0 Å². The molecule has 0 atom stereocenters. The number of hydrogen-bond acceptors (Lipinski definition) is 4. The third-order valence-corrected chi connectivity index (χ3v) is 5.06. The van der Waals surface area contributed by atoms with E-state index in [-0.39, 0.29) is 6.09 Å². The third-order valence-electron chi connectivity index (χ3n) is 5.06. The predicted molar refractivity (Wildman–Crippen MR) is 117 cm³/mol. The van der Waals surface area contributed by atoms with E-state index in [2.05, 4.69) is 26.3 Å². The molecule has 7 nitrogen and oxygen atoms in total. The molecule has 0 aliphatic carbocycles. The fraction of sp³-hybridized carbons (Fsp3) is 0.682. The van der Waals surface area contributed by atoms with Crippen LogP contribution in [-0.2, 0) is 11.2 Å². The molecule has 7 heteroatoms. The van der Waals surface area contributed by atoms with Gasteiger partial charge in [-0.05, 0) is 64.5 Å². The number of nitrogens with zero attached hydrogens (tertiary/aromatic N) is 4. The molecule has 2 rings (SSSR count). The third kappa shape index (κ3) is 7.91. The van der Waals surface area contributed by atoms with Gasteiger partial charge in [-0.1, -0.05) is 6.07 Å². The smallest absolute Gasteiger partial charge is 0.410 e. The minimum Gasteiger partial charge on any atom is -0.444 e. The molecule has 1 aromatic heterocycles. The standard InChI is InChI=1S/C22H37N5O2/c1-6-26(21(28)29-22(2,3)4)17-19-10-14-27(15-11-19)20(23-5)25-13-9-18-8-7-12-24-16-18/h7-8,12,16,19H,6,9-11,13-15,17H2,1-5H3,(H,23,25). The second kappa shape index (κ2) is 11.0. The fourth-order valence-corrected chi connectivity index (χ4v) is 3.50. The molecule has 0 saturated carbocycles. The SMILES string of the molecule is CCN(CC1CCN(C(=NC)NCCc2cccnc2)CC1)C(=O)OC(C)(C)C. The number of rotatable bonds is 6. The molecule has 1 amide bonds. The number of amides is 1. The van der Waals surface area contributed by atoms with Crippen molar-refractivity contribution in [2.24, 2.45) is 10.9 Å². The minimum atomic E-state index is -0.457. The summed E-state index contributed by atoms with van der Waals surface area (Å²) >= 11 is 0. The number of piperidine rings is 1. The van der Waals surface area contributed by atoms with E-state index in [1.165, 1.54) is 5.56 Å². The molecule has 1 fully saturated rings. The van der Waals surface area contributed by atoms with Crippen LogP contribution >= 0.6 is 0 Å². The monoisotopic (exact) mass is 403 g/mol. The molecule has 0 unspecified atom stereocenters. The highest BCUT2D eigenvalue weighted by atomic mass is 16.6. The molecular weight excluding hydrogens is 366 g/mol. The average Bonchev–Trinajstić information content (AvgIpc) is 2.69. The Morgan fingerprint density at radius 3 is 2.66 bits per heavy atom. The fourth-order valence-electron chi connectivity index (χ4n) is 3.50. The Kier molecular flexibility index (Phi) is 8.73. The van der Waals surface area contributed by atoms with E-state index in [9.17, 15) is 4.79 Å². The molecule has 1 aromatic rings. The molecule has 1 saturated heterocycles. The Labute approximate surface area is 175 Å². The lowest BCUT2D eigenvalue weighted by Crippen LogP contribution is -2.48. The van der Waals surface area contributed by atoms with Gasteiger partial charge in [-0.3, -0.25) is 9.98 Å². The summed E-state index contributed by atoms with van der Waals surface area (Å²) in [6.07, 6.45) is 6.49. The maximum Gasteiger partial charge on any atom is 0.410 e. The second-order valence-corrected chi connectivity index (χ2v) is 8.53. The van der Waals surface area contributed by atoms with Gasteiger partial charge < -0.3 is 19.9 Å². The largest absolute Gasteiger partial charge is 0.444 e. The van der Waals surface area contributed by atoms with Crippen molar-refractivity contribution in [3.05, 3.63) is 30.1 Å². The van der Waals surface area contributed by atoms with Crippen LogP contribution in [0, 0.1) is 5.92 Å². The summed E-state index contributed by atoms with van der Waals surface area (Å²) in [5.74, 6) is 1.44. The lowest BCUT2D eigenvalue weighted by Gasteiger charge is -2.36. The van der Waals surface area contributed by atoms with Crippen LogP contribution in [0.5, 0.6) is 0 Å². The van der Waals surface area contributed by atoms with Crippen LogP contribution in [-0.4, -0.2) is 72.2 Å². The van der Waals surface area contributed by atoms with Gasteiger partial charge in [0.15, 0.2) is 5.96 Å². The number of ether oxygens (including phenoxy) is 1. The van der Waals surface area contributed by atoms with Gasteiger partial charge in [0, 0.05) is 52.2 Å². The van der Waals surface area contributed by atoms with Gasteiger partial charge in [0.05, 0.1) is 0 Å². The highest BCUT2D eigenvalue weighted by Crippen LogP contribution is 2.20. The zero-order valence-electron chi connectivity index (χ0n) is 18.6. The molecule has 0 bridgehead atoms. The van der Waals surface area contributed by atoms with Crippen LogP contribution in [0.15, 0.2) is 29.5 Å². The van der Waals surface area contributed by atoms with Gasteiger partial charge in [0.25, 0.3) is 0 Å². The van der Waals surface area contributed by atoms with Gasteiger partial charge >= 0.3 is 6.09 Å². The first-order valence-corrected chi connectivity index (χ1v) is 10.6. The van der Waals surface area contributed by atoms with Crippen LogP contribution < -0.4 is 5.32 Å². The number of pyridine rings is 1. The van der Waals surface area contributed by atoms with Crippen molar-refractivity contribution in [3.8, 4) is 0 Å². The number of carbonyl (C=O) groups excluding carboxylic acids is 1. The Morgan fingerprint density at radius 2 is 2.10 bits per heavy atom. The summed E-state index contributed by atoms with van der Waals surface area (Å²) in [5, 5.41) is 3.46. The highest BCUT2D eigenvalue weighted by Gasteiger charge is 2.27. The highest BCUT2D eigenvalue weighted by molar-refractivity contribution is 5.80. The minimum absolute atomic E-state index is 0.213. The maximum atomic E-state index is 12.4. The van der Waals surface area contributed by atoms with Crippen molar-refractivity contribution in [2.45, 2.75) is 52.6 Å². The molecule has 0 aromatic carbocycles. The van der Waals surface area contributed by atoms with Crippen molar-refractivity contribution < 1.29 is 9.53 Å². The van der Waals surface area contributed by atoms with E-state index in [4.69, 9.17) is 4.74 Å².